The van der Waals surface area contributed by atoms with Crippen LogP contribution in [-0.4, -0.2) is 24.8 Å². The van der Waals surface area contributed by atoms with E-state index in [-0.39, 0.29) is 0 Å². The molecule has 0 aliphatic carbocycles. The number of aryl methyl sites for hydroxylation is 1. The molecule has 0 saturated carbocycles. The van der Waals surface area contributed by atoms with Crippen LogP contribution in [0.25, 0.3) is 10.7 Å². The molecule has 3 aromatic heterocycles. The van der Waals surface area contributed by atoms with E-state index in [1.54, 1.807) is 11.3 Å². The molecular formula is C11H10N6S2. The van der Waals surface area contributed by atoms with Gasteiger partial charge in [0, 0.05) is 5.69 Å². The van der Waals surface area contributed by atoms with Gasteiger partial charge in [-0.2, -0.15) is 0 Å². The Kier molecular flexibility index (Phi) is 3.18. The molecule has 0 aromatic carbocycles. The van der Waals surface area contributed by atoms with Crippen LogP contribution in [-0.2, 0) is 0 Å². The summed E-state index contributed by atoms with van der Waals surface area (Å²) in [5.41, 5.74) is 0.902. The van der Waals surface area contributed by atoms with Gasteiger partial charge in [0.2, 0.25) is 5.16 Å². The van der Waals surface area contributed by atoms with Crippen molar-refractivity contribution in [3.63, 3.8) is 0 Å². The van der Waals surface area contributed by atoms with Crippen LogP contribution in [0.15, 0.2) is 40.1 Å². The predicted octanol–water partition coefficient (Wildman–Crippen LogP) is 1.97. The molecule has 3 heterocycles. The minimum atomic E-state index is 0.599. The Morgan fingerprint density at radius 2 is 2.21 bits per heavy atom. The van der Waals surface area contributed by atoms with Crippen LogP contribution in [0.5, 0.6) is 0 Å². The molecule has 96 valence electrons. The lowest BCUT2D eigenvalue weighted by atomic mass is 10.4. The summed E-state index contributed by atoms with van der Waals surface area (Å²) >= 11 is 2.94. The van der Waals surface area contributed by atoms with E-state index in [1.807, 2.05) is 30.5 Å². The van der Waals surface area contributed by atoms with Crippen molar-refractivity contribution >= 4 is 23.1 Å². The van der Waals surface area contributed by atoms with Gasteiger partial charge in [0.05, 0.1) is 4.88 Å². The quantitative estimate of drug-likeness (QED) is 0.586. The van der Waals surface area contributed by atoms with Gasteiger partial charge >= 0.3 is 0 Å². The molecule has 0 atom stereocenters. The van der Waals surface area contributed by atoms with E-state index in [0.717, 1.165) is 15.6 Å². The Hall–Kier alpha value is -1.93. The number of hydrogen-bond acceptors (Lipinski definition) is 7. The maximum Gasteiger partial charge on any atom is 0.216 e. The molecule has 0 aliphatic heterocycles. The summed E-state index contributed by atoms with van der Waals surface area (Å²) in [6.45, 7) is 1.91. The maximum atomic E-state index is 6.01. The van der Waals surface area contributed by atoms with Gasteiger partial charge in [0.25, 0.3) is 0 Å². The summed E-state index contributed by atoms with van der Waals surface area (Å²) < 4.78 is 1.48. The second-order valence-corrected chi connectivity index (χ2v) is 5.69. The zero-order valence-electron chi connectivity index (χ0n) is 10.0. The summed E-state index contributed by atoms with van der Waals surface area (Å²) in [7, 11) is 0. The Bertz CT molecular complexity index is 691. The van der Waals surface area contributed by atoms with Crippen molar-refractivity contribution in [2.24, 2.45) is 0 Å². The van der Waals surface area contributed by atoms with Gasteiger partial charge in [-0.15, -0.1) is 21.5 Å². The largest absolute Gasteiger partial charge is 0.335 e. The second-order valence-electron chi connectivity index (χ2n) is 3.75. The van der Waals surface area contributed by atoms with Gasteiger partial charge in [-0.3, -0.25) is 0 Å². The van der Waals surface area contributed by atoms with Gasteiger partial charge < -0.3 is 5.84 Å². The minimum Gasteiger partial charge on any atom is -0.335 e. The molecule has 19 heavy (non-hydrogen) atoms. The van der Waals surface area contributed by atoms with E-state index in [1.165, 1.54) is 22.8 Å². The van der Waals surface area contributed by atoms with Crippen LogP contribution in [0.4, 0.5) is 0 Å². The summed E-state index contributed by atoms with van der Waals surface area (Å²) in [6.07, 6.45) is 1.52. The number of thiophene rings is 1. The first-order chi connectivity index (χ1) is 9.24. The Morgan fingerprint density at radius 3 is 2.95 bits per heavy atom. The molecule has 0 radical (unpaired) electrons. The van der Waals surface area contributed by atoms with E-state index < -0.39 is 0 Å². The van der Waals surface area contributed by atoms with Crippen LogP contribution in [0.2, 0.25) is 0 Å². The third-order valence-corrected chi connectivity index (χ3v) is 4.14. The first-order valence-corrected chi connectivity index (χ1v) is 7.14. The lowest BCUT2D eigenvalue weighted by Crippen LogP contribution is -2.11. The Labute approximate surface area is 117 Å². The van der Waals surface area contributed by atoms with Crippen molar-refractivity contribution in [3.8, 4) is 10.7 Å². The van der Waals surface area contributed by atoms with Crippen molar-refractivity contribution in [1.29, 1.82) is 0 Å². The molecule has 6 nitrogen and oxygen atoms in total. The minimum absolute atomic E-state index is 0.599. The number of nitrogens with two attached hydrogens (primary N) is 1. The van der Waals surface area contributed by atoms with Crippen molar-refractivity contribution in [2.75, 3.05) is 5.84 Å². The van der Waals surface area contributed by atoms with E-state index in [4.69, 9.17) is 5.84 Å². The Balaban J connectivity index is 1.91. The fourth-order valence-corrected chi connectivity index (χ4v) is 2.99. The highest BCUT2D eigenvalue weighted by atomic mass is 32.2. The fourth-order valence-electron chi connectivity index (χ4n) is 1.50. The number of hydrogen-bond donors (Lipinski definition) is 1. The van der Waals surface area contributed by atoms with E-state index >= 15 is 0 Å². The molecular weight excluding hydrogens is 280 g/mol. The standard InChI is InChI=1S/C11H10N6S2/c1-7-5-9(14-6-13-7)19-11-16-15-10(17(11)12)8-3-2-4-18-8/h2-6H,12H2,1H3. The lowest BCUT2D eigenvalue weighted by molar-refractivity contribution is 0.846. The van der Waals surface area contributed by atoms with Crippen LogP contribution < -0.4 is 5.84 Å². The predicted molar refractivity (Wildman–Crippen MR) is 74.4 cm³/mol. The number of aromatic nitrogens is 5. The monoisotopic (exact) mass is 290 g/mol. The Morgan fingerprint density at radius 1 is 1.32 bits per heavy atom. The second kappa shape index (κ2) is 4.98. The van der Waals surface area contributed by atoms with Gasteiger partial charge in [-0.05, 0) is 36.2 Å². The van der Waals surface area contributed by atoms with E-state index in [0.29, 0.717) is 11.0 Å². The smallest absolute Gasteiger partial charge is 0.216 e. The fraction of sp³-hybridized carbons (Fsp3) is 0.0909. The summed E-state index contributed by atoms with van der Waals surface area (Å²) in [5.74, 6) is 6.67. The van der Waals surface area contributed by atoms with Crippen LogP contribution in [0.1, 0.15) is 5.69 Å². The highest BCUT2D eigenvalue weighted by Crippen LogP contribution is 2.28. The molecule has 3 rings (SSSR count). The van der Waals surface area contributed by atoms with Crippen molar-refractivity contribution in [2.45, 2.75) is 17.1 Å². The first kappa shape index (κ1) is 12.1. The van der Waals surface area contributed by atoms with Gasteiger partial charge in [-0.1, -0.05) is 6.07 Å². The molecule has 2 N–H and O–H groups in total. The van der Waals surface area contributed by atoms with Gasteiger partial charge in [-0.25, -0.2) is 14.6 Å². The average Bonchev–Trinajstić information content (AvgIpc) is 3.01. The lowest BCUT2D eigenvalue weighted by Gasteiger charge is -2.02. The molecule has 0 amide bonds. The molecule has 0 aliphatic rings. The normalized spacial score (nSPS) is 10.8. The zero-order chi connectivity index (χ0) is 13.2. The molecule has 0 unspecified atom stereocenters. The third kappa shape index (κ3) is 2.45. The zero-order valence-corrected chi connectivity index (χ0v) is 11.6. The molecule has 0 saturated heterocycles. The maximum absolute atomic E-state index is 6.01. The summed E-state index contributed by atoms with van der Waals surface area (Å²) in [5, 5.41) is 11.6. The summed E-state index contributed by atoms with van der Waals surface area (Å²) in [4.78, 5) is 9.21. The highest BCUT2D eigenvalue weighted by Gasteiger charge is 2.14. The SMILES string of the molecule is Cc1cc(Sc2nnc(-c3cccs3)n2N)ncn1. The molecule has 3 aromatic rings. The third-order valence-electron chi connectivity index (χ3n) is 2.38. The van der Waals surface area contributed by atoms with Crippen LogP contribution >= 0.6 is 23.1 Å². The van der Waals surface area contributed by atoms with Gasteiger partial charge in [0.1, 0.15) is 11.4 Å². The molecule has 0 spiro atoms. The van der Waals surface area contributed by atoms with E-state index in [9.17, 15) is 0 Å². The van der Waals surface area contributed by atoms with Crippen LogP contribution in [0.3, 0.4) is 0 Å². The van der Waals surface area contributed by atoms with Crippen LogP contribution in [0, 0.1) is 6.92 Å². The van der Waals surface area contributed by atoms with Crippen molar-refractivity contribution < 1.29 is 0 Å². The summed E-state index contributed by atoms with van der Waals surface area (Å²) in [6, 6.07) is 5.79. The molecule has 0 fully saturated rings. The average molecular weight is 290 g/mol. The van der Waals surface area contributed by atoms with Crippen molar-refractivity contribution in [3.05, 3.63) is 35.6 Å². The molecule has 0 bridgehead atoms. The number of rotatable bonds is 3. The first-order valence-electron chi connectivity index (χ1n) is 5.45. The van der Waals surface area contributed by atoms with E-state index in [2.05, 4.69) is 20.2 Å². The topological polar surface area (TPSA) is 82.5 Å². The van der Waals surface area contributed by atoms with Crippen molar-refractivity contribution in [1.82, 2.24) is 24.8 Å². The van der Waals surface area contributed by atoms with Gasteiger partial charge in [0.15, 0.2) is 5.82 Å². The molecule has 8 heteroatoms. The number of nitrogen functional groups attached to an aromatic ring is 1. The highest BCUT2D eigenvalue weighted by molar-refractivity contribution is 7.99. The number of nitrogens with zero attached hydrogens (tertiary/aromatic N) is 5.